The van der Waals surface area contributed by atoms with E-state index in [-0.39, 0.29) is 11.6 Å². The molecule has 0 aromatic carbocycles. The molecule has 3 heterocycles. The summed E-state index contributed by atoms with van der Waals surface area (Å²) in [5.41, 5.74) is 2.03. The van der Waals surface area contributed by atoms with Crippen LogP contribution in [0.2, 0.25) is 0 Å². The third-order valence-electron chi connectivity index (χ3n) is 3.85. The van der Waals surface area contributed by atoms with Gasteiger partial charge in [0.15, 0.2) is 5.65 Å². The molecule has 0 saturated heterocycles. The number of hydrogen-bond acceptors (Lipinski definition) is 4. The van der Waals surface area contributed by atoms with Crippen LogP contribution in [-0.2, 0) is 13.0 Å². The van der Waals surface area contributed by atoms with Crippen molar-refractivity contribution in [2.45, 2.75) is 26.3 Å². The predicted octanol–water partition coefficient (Wildman–Crippen LogP) is 1.27. The number of carbonyl (C=O) groups excluding carboxylic acids is 1. The first-order chi connectivity index (χ1) is 11.7. The van der Waals surface area contributed by atoms with Gasteiger partial charge in [-0.25, -0.2) is 9.48 Å². The van der Waals surface area contributed by atoms with Crippen molar-refractivity contribution in [3.05, 3.63) is 64.5 Å². The minimum Gasteiger partial charge on any atom is -0.352 e. The van der Waals surface area contributed by atoms with Crippen LogP contribution in [0, 0.1) is 0 Å². The molecule has 0 unspecified atom stereocenters. The number of amides is 1. The zero-order valence-electron chi connectivity index (χ0n) is 13.5. The van der Waals surface area contributed by atoms with Gasteiger partial charge in [0, 0.05) is 37.2 Å². The summed E-state index contributed by atoms with van der Waals surface area (Å²) in [7, 11) is 0. The highest BCUT2D eigenvalue weighted by atomic mass is 16.2. The Kier molecular flexibility index (Phi) is 4.69. The van der Waals surface area contributed by atoms with Gasteiger partial charge in [-0.2, -0.15) is 0 Å². The van der Waals surface area contributed by atoms with E-state index >= 15 is 0 Å². The molecule has 124 valence electrons. The second-order valence-electron chi connectivity index (χ2n) is 5.43. The summed E-state index contributed by atoms with van der Waals surface area (Å²) < 4.78 is 2.93. The van der Waals surface area contributed by atoms with E-state index in [2.05, 4.69) is 15.4 Å². The Hall–Kier alpha value is -2.96. The van der Waals surface area contributed by atoms with Gasteiger partial charge in [0.05, 0.1) is 0 Å². The van der Waals surface area contributed by atoms with E-state index in [1.165, 1.54) is 9.08 Å². The summed E-state index contributed by atoms with van der Waals surface area (Å²) in [6.07, 6.45) is 6.41. The monoisotopic (exact) mass is 325 g/mol. The third-order valence-corrected chi connectivity index (χ3v) is 3.85. The van der Waals surface area contributed by atoms with E-state index < -0.39 is 0 Å². The van der Waals surface area contributed by atoms with Crippen molar-refractivity contribution in [3.63, 3.8) is 0 Å². The van der Waals surface area contributed by atoms with Gasteiger partial charge >= 0.3 is 5.69 Å². The zero-order chi connectivity index (χ0) is 16.9. The van der Waals surface area contributed by atoms with Crippen molar-refractivity contribution in [3.8, 4) is 0 Å². The minimum atomic E-state index is -0.167. The minimum absolute atomic E-state index is 0.114. The van der Waals surface area contributed by atoms with Gasteiger partial charge < -0.3 is 5.32 Å². The third kappa shape index (κ3) is 3.19. The summed E-state index contributed by atoms with van der Waals surface area (Å²) in [6, 6.07) is 7.14. The van der Waals surface area contributed by atoms with Crippen molar-refractivity contribution in [1.82, 2.24) is 24.5 Å². The molecule has 0 aliphatic rings. The van der Waals surface area contributed by atoms with Crippen LogP contribution in [0.25, 0.3) is 5.65 Å². The van der Waals surface area contributed by atoms with Crippen molar-refractivity contribution < 1.29 is 4.79 Å². The second-order valence-corrected chi connectivity index (χ2v) is 5.43. The quantitative estimate of drug-likeness (QED) is 0.692. The average Bonchev–Trinajstić information content (AvgIpc) is 2.95. The predicted molar refractivity (Wildman–Crippen MR) is 90.0 cm³/mol. The average molecular weight is 325 g/mol. The smallest absolute Gasteiger partial charge is 0.350 e. The SMILES string of the molecule is CCc1cnccc1C(=O)NCCCn1nc2ccccn2c1=O. The summed E-state index contributed by atoms with van der Waals surface area (Å²) in [5, 5.41) is 7.14. The molecule has 0 aliphatic heterocycles. The van der Waals surface area contributed by atoms with E-state index in [0.29, 0.717) is 30.7 Å². The largest absolute Gasteiger partial charge is 0.352 e. The van der Waals surface area contributed by atoms with Crippen molar-refractivity contribution in [2.75, 3.05) is 6.54 Å². The van der Waals surface area contributed by atoms with Crippen LogP contribution >= 0.6 is 0 Å². The van der Waals surface area contributed by atoms with Gasteiger partial charge in [0.2, 0.25) is 0 Å². The van der Waals surface area contributed by atoms with Crippen molar-refractivity contribution in [1.29, 1.82) is 0 Å². The van der Waals surface area contributed by atoms with E-state index in [0.717, 1.165) is 12.0 Å². The summed E-state index contributed by atoms with van der Waals surface area (Å²) >= 11 is 0. The molecule has 3 rings (SSSR count). The van der Waals surface area contributed by atoms with E-state index in [1.54, 1.807) is 36.8 Å². The maximum Gasteiger partial charge on any atom is 0.350 e. The Labute approximate surface area is 139 Å². The molecular formula is C17H19N5O2. The maximum absolute atomic E-state index is 12.2. The number of nitrogens with zero attached hydrogens (tertiary/aromatic N) is 4. The molecule has 1 amide bonds. The lowest BCUT2D eigenvalue weighted by atomic mass is 10.1. The normalized spacial score (nSPS) is 10.9. The standard InChI is InChI=1S/C17H19N5O2/c1-2-13-12-18-9-7-14(13)16(23)19-8-5-11-22-17(24)21-10-4-3-6-15(21)20-22/h3-4,6-7,9-10,12H,2,5,8,11H2,1H3,(H,19,23). The van der Waals surface area contributed by atoms with Gasteiger partial charge in [-0.15, -0.1) is 5.10 Å². The van der Waals surface area contributed by atoms with Crippen molar-refractivity contribution in [2.24, 2.45) is 0 Å². The molecule has 0 aliphatic carbocycles. The number of carbonyl (C=O) groups is 1. The van der Waals surface area contributed by atoms with Crippen LogP contribution in [0.15, 0.2) is 47.7 Å². The van der Waals surface area contributed by atoms with Crippen LogP contribution in [-0.4, -0.2) is 31.6 Å². The van der Waals surface area contributed by atoms with Crippen LogP contribution < -0.4 is 11.0 Å². The van der Waals surface area contributed by atoms with Crippen LogP contribution in [0.1, 0.15) is 29.3 Å². The van der Waals surface area contributed by atoms with E-state index in [9.17, 15) is 9.59 Å². The number of rotatable bonds is 6. The molecule has 3 aromatic heterocycles. The highest BCUT2D eigenvalue weighted by Crippen LogP contribution is 2.07. The molecule has 0 atom stereocenters. The van der Waals surface area contributed by atoms with Crippen LogP contribution in [0.3, 0.4) is 0 Å². The molecule has 0 bridgehead atoms. The Balaban J connectivity index is 1.57. The number of fused-ring (bicyclic) bond motifs is 1. The van der Waals surface area contributed by atoms with Gasteiger partial charge in [-0.1, -0.05) is 13.0 Å². The molecule has 1 N–H and O–H groups in total. The topological polar surface area (TPSA) is 81.3 Å². The Morgan fingerprint density at radius 1 is 1.29 bits per heavy atom. The maximum atomic E-state index is 12.2. The van der Waals surface area contributed by atoms with Crippen molar-refractivity contribution >= 4 is 11.6 Å². The second kappa shape index (κ2) is 7.08. The summed E-state index contributed by atoms with van der Waals surface area (Å²) in [6.45, 7) is 2.92. The molecule has 0 spiro atoms. The fourth-order valence-corrected chi connectivity index (χ4v) is 2.57. The molecule has 7 nitrogen and oxygen atoms in total. The van der Waals surface area contributed by atoms with Gasteiger partial charge in [-0.3, -0.25) is 14.2 Å². The number of nitrogens with one attached hydrogen (secondary N) is 1. The Morgan fingerprint density at radius 2 is 2.17 bits per heavy atom. The van der Waals surface area contributed by atoms with E-state index in [4.69, 9.17) is 0 Å². The zero-order valence-corrected chi connectivity index (χ0v) is 13.5. The van der Waals surface area contributed by atoms with Gasteiger partial charge in [-0.05, 0) is 36.6 Å². The molecule has 3 aromatic rings. The first-order valence-electron chi connectivity index (χ1n) is 7.96. The molecule has 0 radical (unpaired) electrons. The molecule has 0 saturated carbocycles. The number of hydrogen-bond donors (Lipinski definition) is 1. The lowest BCUT2D eigenvalue weighted by Crippen LogP contribution is -2.28. The first-order valence-corrected chi connectivity index (χ1v) is 7.96. The molecule has 24 heavy (non-hydrogen) atoms. The number of pyridine rings is 2. The first kappa shape index (κ1) is 15.9. The molecular weight excluding hydrogens is 306 g/mol. The highest BCUT2D eigenvalue weighted by Gasteiger charge is 2.10. The Morgan fingerprint density at radius 3 is 2.96 bits per heavy atom. The number of aromatic nitrogens is 4. The van der Waals surface area contributed by atoms with E-state index in [1.807, 2.05) is 13.0 Å². The van der Waals surface area contributed by atoms with Crippen LogP contribution in [0.4, 0.5) is 0 Å². The van der Waals surface area contributed by atoms with Gasteiger partial charge in [0.25, 0.3) is 5.91 Å². The number of aryl methyl sites for hydroxylation is 2. The highest BCUT2D eigenvalue weighted by molar-refractivity contribution is 5.95. The fourth-order valence-electron chi connectivity index (χ4n) is 2.57. The van der Waals surface area contributed by atoms with Crippen LogP contribution in [0.5, 0.6) is 0 Å². The Bertz CT molecular complexity index is 912. The summed E-state index contributed by atoms with van der Waals surface area (Å²) in [4.78, 5) is 28.4. The molecule has 7 heteroatoms. The lowest BCUT2D eigenvalue weighted by molar-refractivity contribution is 0.0951. The summed E-state index contributed by atoms with van der Waals surface area (Å²) in [5.74, 6) is -0.114. The lowest BCUT2D eigenvalue weighted by Gasteiger charge is -2.08. The fraction of sp³-hybridized carbons (Fsp3) is 0.294. The molecule has 0 fully saturated rings. The van der Waals surface area contributed by atoms with Gasteiger partial charge in [0.1, 0.15) is 0 Å².